The summed E-state index contributed by atoms with van der Waals surface area (Å²) >= 11 is 0. The average molecular weight is 439 g/mol. The normalized spacial score (nSPS) is 42.6. The minimum atomic E-state index is -4.51. The first kappa shape index (κ1) is 22.4. The van der Waals surface area contributed by atoms with Crippen LogP contribution in [0.3, 0.4) is 0 Å². The van der Waals surface area contributed by atoms with Crippen molar-refractivity contribution in [1.82, 2.24) is 10.6 Å². The van der Waals surface area contributed by atoms with Gasteiger partial charge in [0.1, 0.15) is 0 Å². The Morgan fingerprint density at radius 1 is 1.19 bits per heavy atom. The molecule has 0 radical (unpaired) electrons. The molecule has 3 fully saturated rings. The van der Waals surface area contributed by atoms with Gasteiger partial charge in [-0.2, -0.15) is 13.2 Å². The van der Waals surface area contributed by atoms with Crippen LogP contribution in [0.5, 0.6) is 0 Å². The predicted molar refractivity (Wildman–Crippen MR) is 112 cm³/mol. The number of rotatable bonds is 3. The van der Waals surface area contributed by atoms with Crippen LogP contribution in [0.15, 0.2) is 24.3 Å². The molecule has 1 aliphatic heterocycles. The third-order valence-electron chi connectivity index (χ3n) is 9.25. The van der Waals surface area contributed by atoms with E-state index >= 15 is 0 Å². The van der Waals surface area contributed by atoms with Gasteiger partial charge < -0.3 is 10.6 Å². The molecule has 0 spiro atoms. The van der Waals surface area contributed by atoms with Crippen molar-refractivity contribution in [3.63, 3.8) is 0 Å². The van der Waals surface area contributed by atoms with Crippen LogP contribution in [0, 0.1) is 34.5 Å². The monoisotopic (exact) mass is 438 g/mol. The van der Waals surface area contributed by atoms with Crippen LogP contribution in [0.1, 0.15) is 59.3 Å². The summed E-state index contributed by atoms with van der Waals surface area (Å²) < 4.78 is 38.9. The molecule has 2 N–H and O–H groups in total. The van der Waals surface area contributed by atoms with Crippen molar-refractivity contribution in [3.05, 3.63) is 24.3 Å². The summed E-state index contributed by atoms with van der Waals surface area (Å²) in [7, 11) is 0. The van der Waals surface area contributed by atoms with Crippen LogP contribution >= 0.6 is 0 Å². The van der Waals surface area contributed by atoms with E-state index < -0.39 is 17.8 Å². The molecule has 1 unspecified atom stereocenters. The van der Waals surface area contributed by atoms with E-state index in [1.54, 1.807) is 6.08 Å². The number of hydrogen-bond donors (Lipinski definition) is 2. The zero-order valence-corrected chi connectivity index (χ0v) is 18.5. The lowest BCUT2D eigenvalue weighted by Gasteiger charge is -2.58. The van der Waals surface area contributed by atoms with Gasteiger partial charge in [-0.3, -0.25) is 9.59 Å². The Kier molecular flexibility index (Phi) is 5.33. The number of alkyl halides is 3. The van der Waals surface area contributed by atoms with E-state index in [9.17, 15) is 22.8 Å². The lowest BCUT2D eigenvalue weighted by atomic mass is 9.48. The van der Waals surface area contributed by atoms with Gasteiger partial charge in [0.2, 0.25) is 11.8 Å². The van der Waals surface area contributed by atoms with E-state index in [1.807, 2.05) is 0 Å². The summed E-state index contributed by atoms with van der Waals surface area (Å²) in [6, 6.07) is -0.970. The molecule has 3 aliphatic carbocycles. The second kappa shape index (κ2) is 7.38. The smallest absolute Gasteiger partial charge is 0.349 e. The lowest BCUT2D eigenvalue weighted by molar-refractivity contribution is -0.135. The van der Waals surface area contributed by atoms with Crippen molar-refractivity contribution in [2.45, 2.75) is 77.6 Å². The van der Waals surface area contributed by atoms with Crippen molar-refractivity contribution in [2.24, 2.45) is 34.5 Å². The molecule has 0 aromatic rings. The van der Waals surface area contributed by atoms with Gasteiger partial charge >= 0.3 is 6.18 Å². The number of halogens is 3. The summed E-state index contributed by atoms with van der Waals surface area (Å²) in [6.45, 7) is 8.90. The molecule has 3 saturated carbocycles. The van der Waals surface area contributed by atoms with Crippen molar-refractivity contribution in [3.8, 4) is 0 Å². The Labute approximate surface area is 182 Å². The van der Waals surface area contributed by atoms with Gasteiger partial charge in [0, 0.05) is 22.9 Å². The summed E-state index contributed by atoms with van der Waals surface area (Å²) in [5.74, 6) is 0.743. The third kappa shape index (κ3) is 3.52. The SMILES string of the molecule is C=C(C(C)NC(=O)[C@@H]1CC[C@@H]2[C@H]3CC[C@H]4NC(=O)C=C[C@]4(C)[C@@H]3CC[C@]21C)C(F)(F)F. The summed E-state index contributed by atoms with van der Waals surface area (Å²) in [6.07, 6.45) is 4.70. The molecule has 172 valence electrons. The molecule has 31 heavy (non-hydrogen) atoms. The Morgan fingerprint density at radius 2 is 1.90 bits per heavy atom. The molecule has 8 atom stereocenters. The first-order valence-corrected chi connectivity index (χ1v) is 11.4. The molecule has 1 heterocycles. The van der Waals surface area contributed by atoms with Gasteiger partial charge in [0.25, 0.3) is 0 Å². The van der Waals surface area contributed by atoms with Crippen molar-refractivity contribution in [2.75, 3.05) is 0 Å². The number of fused-ring (bicyclic) bond motifs is 5. The van der Waals surface area contributed by atoms with Gasteiger partial charge in [0.05, 0.1) is 6.04 Å². The van der Waals surface area contributed by atoms with Crippen LogP contribution in [0.2, 0.25) is 0 Å². The Morgan fingerprint density at radius 3 is 2.58 bits per heavy atom. The summed E-state index contributed by atoms with van der Waals surface area (Å²) in [5.41, 5.74) is -1.19. The fraction of sp³-hybridized carbons (Fsp3) is 0.750. The maximum absolute atomic E-state index is 13.1. The van der Waals surface area contributed by atoms with E-state index in [0.29, 0.717) is 24.2 Å². The molecule has 0 aromatic heterocycles. The molecule has 7 heteroatoms. The van der Waals surface area contributed by atoms with Gasteiger partial charge in [-0.1, -0.05) is 26.5 Å². The maximum atomic E-state index is 13.1. The van der Waals surface area contributed by atoms with Crippen LogP contribution < -0.4 is 10.6 Å². The largest absolute Gasteiger partial charge is 0.414 e. The summed E-state index contributed by atoms with van der Waals surface area (Å²) in [5, 5.41) is 5.74. The fourth-order valence-electron chi connectivity index (χ4n) is 7.41. The second-order valence-corrected chi connectivity index (χ2v) is 10.6. The van der Waals surface area contributed by atoms with Crippen LogP contribution in [0.4, 0.5) is 13.2 Å². The molecular formula is C24H33F3N2O2. The van der Waals surface area contributed by atoms with E-state index in [4.69, 9.17) is 0 Å². The number of carbonyl (C=O) groups is 2. The van der Waals surface area contributed by atoms with Crippen LogP contribution in [0.25, 0.3) is 0 Å². The van der Waals surface area contributed by atoms with Gasteiger partial charge in [-0.25, -0.2) is 0 Å². The molecule has 0 aromatic carbocycles. The third-order valence-corrected chi connectivity index (χ3v) is 9.25. The van der Waals surface area contributed by atoms with Gasteiger partial charge in [0.15, 0.2) is 0 Å². The molecule has 4 rings (SSSR count). The second-order valence-electron chi connectivity index (χ2n) is 10.6. The Balaban J connectivity index is 1.51. The average Bonchev–Trinajstić information content (AvgIpc) is 3.04. The van der Waals surface area contributed by atoms with Crippen LogP contribution in [-0.4, -0.2) is 30.1 Å². The van der Waals surface area contributed by atoms with E-state index in [1.165, 1.54) is 6.92 Å². The molecule has 2 amide bonds. The number of hydrogen-bond acceptors (Lipinski definition) is 2. The maximum Gasteiger partial charge on any atom is 0.414 e. The van der Waals surface area contributed by atoms with Crippen molar-refractivity contribution in [1.29, 1.82) is 0 Å². The minimum Gasteiger partial charge on any atom is -0.349 e. The highest BCUT2D eigenvalue weighted by molar-refractivity contribution is 5.89. The van der Waals surface area contributed by atoms with Gasteiger partial charge in [-0.15, -0.1) is 0 Å². The standard InChI is InChI=1S/C24H33F3N2O2/c1-13(24(25,26)27)14(2)28-21(31)18-7-6-16-15-5-8-19-23(4,12-10-20(30)29-19)17(15)9-11-22(16,18)3/h10,12,14-19H,1,5-9,11H2,2-4H3,(H,28,31)(H,29,30)/t14?,15-,16-,17-,18+,19-,22-,23-/m1/s1. The quantitative estimate of drug-likeness (QED) is 0.637. The first-order chi connectivity index (χ1) is 14.4. The molecular weight excluding hydrogens is 405 g/mol. The van der Waals surface area contributed by atoms with E-state index in [-0.39, 0.29) is 34.6 Å². The topological polar surface area (TPSA) is 58.2 Å². The number of carbonyl (C=O) groups excluding carboxylic acids is 2. The van der Waals surface area contributed by atoms with Gasteiger partial charge in [-0.05, 0) is 74.7 Å². The Hall–Kier alpha value is -1.79. The minimum absolute atomic E-state index is 0.0197. The number of nitrogens with one attached hydrogen (secondary N) is 2. The summed E-state index contributed by atoms with van der Waals surface area (Å²) in [4.78, 5) is 24.9. The number of amides is 2. The van der Waals surface area contributed by atoms with Crippen molar-refractivity contribution >= 4 is 11.8 Å². The molecule has 0 saturated heterocycles. The highest BCUT2D eigenvalue weighted by atomic mass is 19.4. The predicted octanol–water partition coefficient (Wildman–Crippen LogP) is 4.52. The lowest BCUT2D eigenvalue weighted by Crippen LogP contribution is -2.59. The Bertz CT molecular complexity index is 822. The zero-order chi connectivity index (χ0) is 22.8. The van der Waals surface area contributed by atoms with Crippen LogP contribution in [-0.2, 0) is 9.59 Å². The van der Waals surface area contributed by atoms with E-state index in [0.717, 1.165) is 32.1 Å². The highest BCUT2D eigenvalue weighted by Gasteiger charge is 2.61. The highest BCUT2D eigenvalue weighted by Crippen LogP contribution is 2.65. The first-order valence-electron chi connectivity index (χ1n) is 11.4. The van der Waals surface area contributed by atoms with Crippen molar-refractivity contribution < 1.29 is 22.8 Å². The molecule has 4 nitrogen and oxygen atoms in total. The molecule has 4 aliphatic rings. The zero-order valence-electron chi connectivity index (χ0n) is 18.5. The molecule has 0 bridgehead atoms. The van der Waals surface area contributed by atoms with E-state index in [2.05, 4.69) is 37.1 Å². The fourth-order valence-corrected chi connectivity index (χ4v) is 7.41.